The molecule has 35 heavy (non-hydrogen) atoms. The first-order valence-electron chi connectivity index (χ1n) is 10.8. The Kier molecular flexibility index (Phi) is 6.09. The van der Waals surface area contributed by atoms with E-state index in [2.05, 4.69) is 5.32 Å². The van der Waals surface area contributed by atoms with Gasteiger partial charge in [0.05, 0.1) is 22.4 Å². The van der Waals surface area contributed by atoms with E-state index < -0.39 is 24.4 Å². The van der Waals surface area contributed by atoms with Gasteiger partial charge in [0, 0.05) is 36.6 Å². The Morgan fingerprint density at radius 2 is 1.57 bits per heavy atom. The maximum absolute atomic E-state index is 13.0. The predicted octanol–water partition coefficient (Wildman–Crippen LogP) is 3.44. The van der Waals surface area contributed by atoms with Gasteiger partial charge in [-0.3, -0.25) is 19.2 Å². The van der Waals surface area contributed by atoms with E-state index in [9.17, 15) is 24.0 Å². The molecule has 1 N–H and O–H groups in total. The number of imide groups is 1. The lowest BCUT2D eigenvalue weighted by atomic mass is 10.1. The molecule has 2 heterocycles. The molecule has 1 aliphatic rings. The average molecular weight is 473 g/mol. The lowest BCUT2D eigenvalue weighted by Crippen LogP contribution is -2.29. The van der Waals surface area contributed by atoms with Gasteiger partial charge in [0.2, 0.25) is 11.7 Å². The van der Waals surface area contributed by atoms with Gasteiger partial charge < -0.3 is 14.6 Å². The van der Waals surface area contributed by atoms with Crippen LogP contribution in [0.25, 0.3) is 0 Å². The van der Waals surface area contributed by atoms with Crippen molar-refractivity contribution < 1.29 is 28.7 Å². The summed E-state index contributed by atoms with van der Waals surface area (Å²) in [4.78, 5) is 63.1. The Bertz CT molecular complexity index is 1400. The van der Waals surface area contributed by atoms with Crippen LogP contribution in [0.15, 0.2) is 48.5 Å². The minimum Gasteiger partial charge on any atom is -0.454 e. The molecule has 0 unspecified atom stereocenters. The van der Waals surface area contributed by atoms with E-state index in [1.165, 1.54) is 25.1 Å². The fourth-order valence-electron chi connectivity index (χ4n) is 3.93. The molecule has 0 saturated carbocycles. The Labute approximate surface area is 201 Å². The summed E-state index contributed by atoms with van der Waals surface area (Å²) < 4.78 is 7.06. The number of carbonyl (C=O) groups is 5. The maximum Gasteiger partial charge on any atom is 0.338 e. The molecule has 0 bridgehead atoms. The van der Waals surface area contributed by atoms with Gasteiger partial charge in [0.1, 0.15) is 0 Å². The Hall–Kier alpha value is -4.53. The number of aryl methyl sites for hydroxylation is 1. The molecule has 0 fully saturated rings. The van der Waals surface area contributed by atoms with Crippen LogP contribution in [0.3, 0.4) is 0 Å². The lowest BCUT2D eigenvalue weighted by Gasteiger charge is -2.14. The van der Waals surface area contributed by atoms with E-state index in [1.807, 2.05) is 25.5 Å². The van der Waals surface area contributed by atoms with Gasteiger partial charge in [-0.05, 0) is 62.4 Å². The quantitative estimate of drug-likeness (QED) is 0.333. The van der Waals surface area contributed by atoms with Crippen molar-refractivity contribution in [1.29, 1.82) is 0 Å². The number of ether oxygens (including phenoxy) is 1. The smallest absolute Gasteiger partial charge is 0.338 e. The van der Waals surface area contributed by atoms with Crippen molar-refractivity contribution in [2.75, 3.05) is 16.8 Å². The molecule has 0 saturated heterocycles. The van der Waals surface area contributed by atoms with Gasteiger partial charge in [0.15, 0.2) is 6.61 Å². The summed E-state index contributed by atoms with van der Waals surface area (Å²) >= 11 is 0. The first-order valence-corrected chi connectivity index (χ1v) is 10.8. The number of Topliss-reactive ketones (excluding diaryl/α,β-unsaturated/α-hetero) is 1. The number of fused-ring (bicyclic) bond motifs is 1. The molecule has 9 nitrogen and oxygen atoms in total. The van der Waals surface area contributed by atoms with Crippen molar-refractivity contribution in [3.8, 4) is 0 Å². The van der Waals surface area contributed by atoms with Crippen molar-refractivity contribution in [1.82, 2.24) is 4.57 Å². The standard InChI is InChI=1S/C26H23N3O6/c1-14-11-21(15(2)28(14)4)23(31)13-35-26(34)17-5-10-20-22(12-17)25(33)29(24(20)32)19-8-6-18(7-9-19)27-16(3)30/h5-12H,13H2,1-4H3,(H,27,30). The van der Waals surface area contributed by atoms with Crippen molar-refractivity contribution in [2.45, 2.75) is 20.8 Å². The SMILES string of the molecule is CC(=O)Nc1ccc(N2C(=O)c3ccc(C(=O)OCC(=O)c4cc(C)n(C)c4C)cc3C2=O)cc1. The highest BCUT2D eigenvalue weighted by molar-refractivity contribution is 6.34. The number of nitrogens with zero attached hydrogens (tertiary/aromatic N) is 2. The van der Waals surface area contributed by atoms with Crippen LogP contribution < -0.4 is 10.2 Å². The minimum absolute atomic E-state index is 0.0570. The topological polar surface area (TPSA) is 115 Å². The highest BCUT2D eigenvalue weighted by Crippen LogP contribution is 2.30. The molecule has 3 aromatic rings. The molecule has 0 radical (unpaired) electrons. The highest BCUT2D eigenvalue weighted by Gasteiger charge is 2.37. The van der Waals surface area contributed by atoms with E-state index in [4.69, 9.17) is 4.74 Å². The van der Waals surface area contributed by atoms with Crippen molar-refractivity contribution >= 4 is 40.8 Å². The average Bonchev–Trinajstić information content (AvgIpc) is 3.24. The third kappa shape index (κ3) is 4.35. The first kappa shape index (κ1) is 23.6. The summed E-state index contributed by atoms with van der Waals surface area (Å²) in [5.41, 5.74) is 3.30. The van der Waals surface area contributed by atoms with Crippen molar-refractivity contribution in [3.05, 3.63) is 82.2 Å². The van der Waals surface area contributed by atoms with Crippen LogP contribution in [-0.2, 0) is 16.6 Å². The Morgan fingerprint density at radius 3 is 2.17 bits per heavy atom. The second-order valence-electron chi connectivity index (χ2n) is 8.28. The number of ketones is 1. The molecule has 178 valence electrons. The van der Waals surface area contributed by atoms with E-state index in [1.54, 1.807) is 30.3 Å². The van der Waals surface area contributed by atoms with E-state index in [-0.39, 0.29) is 28.4 Å². The van der Waals surface area contributed by atoms with Gasteiger partial charge in [-0.15, -0.1) is 0 Å². The zero-order valence-corrected chi connectivity index (χ0v) is 19.7. The number of anilines is 2. The fraction of sp³-hybridized carbons (Fsp3) is 0.192. The van der Waals surface area contributed by atoms with Crippen LogP contribution in [0.1, 0.15) is 59.7 Å². The number of nitrogens with one attached hydrogen (secondary N) is 1. The van der Waals surface area contributed by atoms with Crippen molar-refractivity contribution in [2.24, 2.45) is 7.05 Å². The van der Waals surface area contributed by atoms with Crippen LogP contribution in [-0.4, -0.2) is 40.6 Å². The van der Waals surface area contributed by atoms with Gasteiger partial charge in [-0.1, -0.05) is 0 Å². The third-order valence-electron chi connectivity index (χ3n) is 5.98. The lowest BCUT2D eigenvalue weighted by molar-refractivity contribution is -0.114. The van der Waals surface area contributed by atoms with E-state index in [0.717, 1.165) is 16.3 Å². The Morgan fingerprint density at radius 1 is 0.914 bits per heavy atom. The first-order chi connectivity index (χ1) is 16.6. The van der Waals surface area contributed by atoms with Crippen LogP contribution in [0.2, 0.25) is 0 Å². The maximum atomic E-state index is 13.0. The largest absolute Gasteiger partial charge is 0.454 e. The number of carbonyl (C=O) groups excluding carboxylic acids is 5. The molecule has 0 aliphatic carbocycles. The summed E-state index contributed by atoms with van der Waals surface area (Å²) in [6.07, 6.45) is 0. The van der Waals surface area contributed by atoms with E-state index in [0.29, 0.717) is 16.9 Å². The van der Waals surface area contributed by atoms with Gasteiger partial charge in [-0.2, -0.15) is 0 Å². The highest BCUT2D eigenvalue weighted by atomic mass is 16.5. The zero-order chi connectivity index (χ0) is 25.4. The summed E-state index contributed by atoms with van der Waals surface area (Å²) in [6.45, 7) is 4.61. The van der Waals surface area contributed by atoms with Gasteiger partial charge in [-0.25, -0.2) is 9.69 Å². The predicted molar refractivity (Wildman–Crippen MR) is 128 cm³/mol. The molecule has 2 aromatic carbocycles. The summed E-state index contributed by atoms with van der Waals surface area (Å²) in [6, 6.07) is 12.1. The zero-order valence-electron chi connectivity index (χ0n) is 19.7. The summed E-state index contributed by atoms with van der Waals surface area (Å²) in [5, 5.41) is 2.62. The molecule has 3 amide bonds. The normalized spacial score (nSPS) is 12.5. The Balaban J connectivity index is 1.49. The molecule has 0 atom stereocenters. The number of rotatable bonds is 6. The summed E-state index contributed by atoms with van der Waals surface area (Å²) in [7, 11) is 1.84. The van der Waals surface area contributed by atoms with E-state index >= 15 is 0 Å². The monoisotopic (exact) mass is 473 g/mol. The second-order valence-corrected chi connectivity index (χ2v) is 8.28. The van der Waals surface area contributed by atoms with Gasteiger partial charge >= 0.3 is 5.97 Å². The third-order valence-corrected chi connectivity index (χ3v) is 5.98. The van der Waals surface area contributed by atoms with Gasteiger partial charge in [0.25, 0.3) is 11.8 Å². The van der Waals surface area contributed by atoms with Crippen molar-refractivity contribution in [3.63, 3.8) is 0 Å². The molecular weight excluding hydrogens is 450 g/mol. The fourth-order valence-corrected chi connectivity index (χ4v) is 3.93. The minimum atomic E-state index is -0.773. The number of hydrogen-bond acceptors (Lipinski definition) is 6. The number of amides is 3. The van der Waals surface area contributed by atoms with Crippen LogP contribution >= 0.6 is 0 Å². The molecular formula is C26H23N3O6. The number of hydrogen-bond donors (Lipinski definition) is 1. The molecule has 1 aromatic heterocycles. The molecule has 9 heteroatoms. The van der Waals surface area contributed by atoms with Crippen LogP contribution in [0.5, 0.6) is 0 Å². The summed E-state index contributed by atoms with van der Waals surface area (Å²) in [5.74, 6) is -2.46. The molecule has 4 rings (SSSR count). The molecule has 0 spiro atoms. The number of esters is 1. The second kappa shape index (κ2) is 9.02. The van der Waals surface area contributed by atoms with Crippen LogP contribution in [0.4, 0.5) is 11.4 Å². The number of benzene rings is 2. The number of aromatic nitrogens is 1. The van der Waals surface area contributed by atoms with Crippen LogP contribution in [0, 0.1) is 13.8 Å². The molecule has 1 aliphatic heterocycles.